The van der Waals surface area contributed by atoms with E-state index in [0.29, 0.717) is 43.2 Å². The van der Waals surface area contributed by atoms with Crippen LogP contribution in [0.1, 0.15) is 23.2 Å². The number of hydrogen-bond donors (Lipinski definition) is 0. The molecule has 0 aliphatic carbocycles. The van der Waals surface area contributed by atoms with Gasteiger partial charge in [0.1, 0.15) is 12.1 Å². The average Bonchev–Trinajstić information content (AvgIpc) is 3.34. The molecule has 1 aromatic heterocycles. The fourth-order valence-electron chi connectivity index (χ4n) is 5.41. The van der Waals surface area contributed by atoms with Gasteiger partial charge >= 0.3 is 0 Å². The molecular weight excluding hydrogens is 478 g/mol. The smallest absolute Gasteiger partial charge is 0.256 e. The van der Waals surface area contributed by atoms with Crippen LogP contribution in [0.3, 0.4) is 0 Å². The molecule has 3 heterocycles. The van der Waals surface area contributed by atoms with Gasteiger partial charge in [0, 0.05) is 56.5 Å². The minimum atomic E-state index is -0.646. The van der Waals surface area contributed by atoms with Gasteiger partial charge in [0.15, 0.2) is 0 Å². The standard InChI is InChI=1S/C27H30ClN5O3/c1-29(2)24(34)17-32-16-22(21-10-9-19(28)15-23(21)32)25(35)31-13-11-27(12-14-31)26(36)30(3)18-33(27)20-7-5-4-6-8-20/h4-10,15-16H,11-14,17-18H2,1-3H3. The van der Waals surface area contributed by atoms with Crippen LogP contribution in [-0.2, 0) is 16.1 Å². The predicted octanol–water partition coefficient (Wildman–Crippen LogP) is 3.29. The molecule has 188 valence electrons. The van der Waals surface area contributed by atoms with Gasteiger partial charge in [-0.25, -0.2) is 0 Å². The number of carbonyl (C=O) groups excluding carboxylic acids is 3. The van der Waals surface area contributed by atoms with Gasteiger partial charge in [-0.2, -0.15) is 0 Å². The molecule has 2 fully saturated rings. The van der Waals surface area contributed by atoms with E-state index in [9.17, 15) is 14.4 Å². The van der Waals surface area contributed by atoms with Gasteiger partial charge < -0.3 is 24.2 Å². The molecule has 8 nitrogen and oxygen atoms in total. The minimum Gasteiger partial charge on any atom is -0.347 e. The van der Waals surface area contributed by atoms with Gasteiger partial charge in [-0.05, 0) is 37.1 Å². The summed E-state index contributed by atoms with van der Waals surface area (Å²) < 4.78 is 1.79. The molecule has 2 aliphatic heterocycles. The van der Waals surface area contributed by atoms with Crippen LogP contribution < -0.4 is 4.90 Å². The summed E-state index contributed by atoms with van der Waals surface area (Å²) in [4.78, 5) is 46.7. The number of aromatic nitrogens is 1. The van der Waals surface area contributed by atoms with Gasteiger partial charge in [0.25, 0.3) is 5.91 Å². The number of nitrogens with zero attached hydrogens (tertiary/aromatic N) is 5. The van der Waals surface area contributed by atoms with Crippen molar-refractivity contribution in [2.45, 2.75) is 24.9 Å². The van der Waals surface area contributed by atoms with Gasteiger partial charge in [0.2, 0.25) is 11.8 Å². The summed E-state index contributed by atoms with van der Waals surface area (Å²) in [5, 5.41) is 1.31. The first kappa shape index (κ1) is 24.2. The Hall–Kier alpha value is -3.52. The number of piperidine rings is 1. The molecule has 2 aromatic carbocycles. The first-order valence-electron chi connectivity index (χ1n) is 12.1. The lowest BCUT2D eigenvalue weighted by molar-refractivity contribution is -0.132. The minimum absolute atomic E-state index is 0.0735. The van der Waals surface area contributed by atoms with Crippen molar-refractivity contribution in [2.24, 2.45) is 0 Å². The van der Waals surface area contributed by atoms with E-state index in [-0.39, 0.29) is 24.3 Å². The van der Waals surface area contributed by atoms with E-state index in [0.717, 1.165) is 16.6 Å². The molecule has 3 aromatic rings. The Morgan fingerprint density at radius 3 is 2.42 bits per heavy atom. The molecule has 1 spiro atoms. The third kappa shape index (κ3) is 3.99. The van der Waals surface area contributed by atoms with E-state index in [4.69, 9.17) is 11.6 Å². The maximum atomic E-state index is 13.7. The zero-order valence-electron chi connectivity index (χ0n) is 20.8. The van der Waals surface area contributed by atoms with Crippen molar-refractivity contribution in [2.75, 3.05) is 45.8 Å². The van der Waals surface area contributed by atoms with Crippen molar-refractivity contribution >= 4 is 45.9 Å². The first-order chi connectivity index (χ1) is 17.2. The van der Waals surface area contributed by atoms with Crippen LogP contribution in [0.2, 0.25) is 5.02 Å². The highest BCUT2D eigenvalue weighted by Crippen LogP contribution is 2.39. The molecule has 5 rings (SSSR count). The lowest BCUT2D eigenvalue weighted by Crippen LogP contribution is -2.57. The molecule has 0 radical (unpaired) electrons. The Kier molecular flexibility index (Phi) is 6.16. The molecule has 9 heteroatoms. The molecule has 0 unspecified atom stereocenters. The summed E-state index contributed by atoms with van der Waals surface area (Å²) in [6.07, 6.45) is 2.86. The number of likely N-dealkylation sites (tertiary alicyclic amines) is 1. The van der Waals surface area contributed by atoms with Crippen LogP contribution in [-0.4, -0.2) is 83.4 Å². The van der Waals surface area contributed by atoms with Crippen molar-refractivity contribution in [1.82, 2.24) is 19.3 Å². The largest absolute Gasteiger partial charge is 0.347 e. The topological polar surface area (TPSA) is 69.1 Å². The molecule has 0 N–H and O–H groups in total. The monoisotopic (exact) mass is 507 g/mol. The third-order valence-corrected chi connectivity index (χ3v) is 7.67. The van der Waals surface area contributed by atoms with Crippen LogP contribution >= 0.6 is 11.6 Å². The second kappa shape index (κ2) is 9.17. The van der Waals surface area contributed by atoms with Crippen LogP contribution in [0, 0.1) is 0 Å². The molecule has 36 heavy (non-hydrogen) atoms. The average molecular weight is 508 g/mol. The fraction of sp³-hybridized carbons (Fsp3) is 0.370. The van der Waals surface area contributed by atoms with Crippen molar-refractivity contribution in [3.8, 4) is 0 Å². The van der Waals surface area contributed by atoms with E-state index < -0.39 is 5.54 Å². The highest BCUT2D eigenvalue weighted by molar-refractivity contribution is 6.31. The maximum Gasteiger partial charge on any atom is 0.256 e. The zero-order valence-corrected chi connectivity index (χ0v) is 21.5. The molecule has 0 bridgehead atoms. The molecular formula is C27H30ClN5O3. The number of anilines is 1. The zero-order chi connectivity index (χ0) is 25.6. The molecule has 2 aliphatic rings. The Balaban J connectivity index is 1.41. The van der Waals surface area contributed by atoms with Gasteiger partial charge in [-0.15, -0.1) is 0 Å². The fourth-order valence-corrected chi connectivity index (χ4v) is 5.57. The summed E-state index contributed by atoms with van der Waals surface area (Å²) in [7, 11) is 5.24. The van der Waals surface area contributed by atoms with E-state index >= 15 is 0 Å². The number of halogens is 1. The molecule has 2 saturated heterocycles. The summed E-state index contributed by atoms with van der Waals surface area (Å²) in [6, 6.07) is 15.4. The van der Waals surface area contributed by atoms with Crippen LogP contribution in [0.4, 0.5) is 5.69 Å². The van der Waals surface area contributed by atoms with E-state index in [1.807, 2.05) is 48.3 Å². The number of amides is 3. The van der Waals surface area contributed by atoms with E-state index in [1.165, 1.54) is 4.90 Å². The van der Waals surface area contributed by atoms with Crippen molar-refractivity contribution in [3.05, 3.63) is 65.3 Å². The Morgan fingerprint density at radius 2 is 1.75 bits per heavy atom. The number of likely N-dealkylation sites (N-methyl/N-ethyl adjacent to an activating group) is 2. The number of para-hydroxylation sites is 1. The van der Waals surface area contributed by atoms with Gasteiger partial charge in [-0.3, -0.25) is 14.4 Å². The second-order valence-electron chi connectivity index (χ2n) is 9.85. The number of carbonyl (C=O) groups is 3. The lowest BCUT2D eigenvalue weighted by Gasteiger charge is -2.43. The maximum absolute atomic E-state index is 13.7. The predicted molar refractivity (Wildman–Crippen MR) is 140 cm³/mol. The number of fused-ring (bicyclic) bond motifs is 1. The molecule has 0 saturated carbocycles. The second-order valence-corrected chi connectivity index (χ2v) is 10.3. The van der Waals surface area contributed by atoms with Gasteiger partial charge in [0.05, 0.1) is 17.7 Å². The summed E-state index contributed by atoms with van der Waals surface area (Å²) in [6.45, 7) is 1.59. The Labute approximate surface area is 215 Å². The van der Waals surface area contributed by atoms with Crippen molar-refractivity contribution in [1.29, 1.82) is 0 Å². The summed E-state index contributed by atoms with van der Waals surface area (Å²) in [5.74, 6) is -0.0687. The summed E-state index contributed by atoms with van der Waals surface area (Å²) >= 11 is 6.24. The number of hydrogen-bond acceptors (Lipinski definition) is 4. The molecule has 0 atom stereocenters. The highest BCUT2D eigenvalue weighted by atomic mass is 35.5. The quantitative estimate of drug-likeness (QED) is 0.543. The Bertz CT molecular complexity index is 1330. The highest BCUT2D eigenvalue weighted by Gasteiger charge is 2.53. The van der Waals surface area contributed by atoms with E-state index in [1.54, 1.807) is 41.9 Å². The van der Waals surface area contributed by atoms with E-state index in [2.05, 4.69) is 4.90 Å². The number of rotatable bonds is 4. The SMILES string of the molecule is CN(C)C(=O)Cn1cc(C(=O)N2CCC3(CC2)C(=O)N(C)CN3c2ccccc2)c2ccc(Cl)cc21. The molecule has 3 amide bonds. The first-order valence-corrected chi connectivity index (χ1v) is 12.4. The lowest BCUT2D eigenvalue weighted by atomic mass is 9.85. The number of benzene rings is 2. The Morgan fingerprint density at radius 1 is 1.06 bits per heavy atom. The van der Waals surface area contributed by atoms with Crippen LogP contribution in [0.15, 0.2) is 54.7 Å². The summed E-state index contributed by atoms with van der Waals surface area (Å²) in [5.41, 5.74) is 1.66. The van der Waals surface area contributed by atoms with Crippen LogP contribution in [0.25, 0.3) is 10.9 Å². The van der Waals surface area contributed by atoms with Crippen molar-refractivity contribution in [3.63, 3.8) is 0 Å². The normalized spacial score (nSPS) is 17.3. The third-order valence-electron chi connectivity index (χ3n) is 7.44. The van der Waals surface area contributed by atoms with Crippen LogP contribution in [0.5, 0.6) is 0 Å². The van der Waals surface area contributed by atoms with Gasteiger partial charge in [-0.1, -0.05) is 35.9 Å². The van der Waals surface area contributed by atoms with Crippen molar-refractivity contribution < 1.29 is 14.4 Å².